The van der Waals surface area contributed by atoms with Gasteiger partial charge in [0.1, 0.15) is 0 Å². The van der Waals surface area contributed by atoms with Gasteiger partial charge >= 0.3 is 5.97 Å². The fourth-order valence-electron chi connectivity index (χ4n) is 1.85. The van der Waals surface area contributed by atoms with E-state index in [0.29, 0.717) is 11.7 Å². The van der Waals surface area contributed by atoms with E-state index in [4.69, 9.17) is 9.47 Å². The fraction of sp³-hybridized carbons (Fsp3) is 0.583. The van der Waals surface area contributed by atoms with Crippen molar-refractivity contribution in [2.45, 2.75) is 20.3 Å². The summed E-state index contributed by atoms with van der Waals surface area (Å²) in [5.41, 5.74) is 0.0639. The molecule has 1 saturated carbocycles. The minimum absolute atomic E-state index is 0.0639. The van der Waals surface area contributed by atoms with Gasteiger partial charge in [-0.3, -0.25) is 4.79 Å². The second-order valence-corrected chi connectivity index (χ2v) is 4.07. The van der Waals surface area contributed by atoms with Gasteiger partial charge in [0.25, 0.3) is 0 Å². The van der Waals surface area contributed by atoms with Crippen LogP contribution < -0.4 is 0 Å². The molecule has 15 heavy (non-hydrogen) atoms. The summed E-state index contributed by atoms with van der Waals surface area (Å²) in [5, 5.41) is 0. The molecule has 0 aromatic rings. The lowest BCUT2D eigenvalue weighted by molar-refractivity contribution is -0.136. The summed E-state index contributed by atoms with van der Waals surface area (Å²) in [6.45, 7) is 4.73. The van der Waals surface area contributed by atoms with Crippen molar-refractivity contribution in [2.75, 3.05) is 13.2 Å². The molecule has 80 valence electrons. The summed E-state index contributed by atoms with van der Waals surface area (Å²) in [6, 6.07) is 0. The quantitative estimate of drug-likeness (QED) is 0.370. The lowest BCUT2D eigenvalue weighted by Crippen LogP contribution is -2.02. The zero-order valence-corrected chi connectivity index (χ0v) is 9.00. The maximum absolute atomic E-state index is 10.7. The molecule has 3 nitrogen and oxygen atoms in total. The molecule has 2 fully saturated rings. The van der Waals surface area contributed by atoms with E-state index < -0.39 is 0 Å². The second kappa shape index (κ2) is 3.71. The van der Waals surface area contributed by atoms with Crippen LogP contribution in [0.2, 0.25) is 0 Å². The van der Waals surface area contributed by atoms with E-state index in [9.17, 15) is 4.79 Å². The Morgan fingerprint density at radius 2 is 2.47 bits per heavy atom. The molecule has 1 aliphatic heterocycles. The minimum Gasteiger partial charge on any atom is -0.418 e. The molecule has 0 bridgehead atoms. The second-order valence-electron chi connectivity index (χ2n) is 4.07. The lowest BCUT2D eigenvalue weighted by Gasteiger charge is -2.01. The molecule has 0 radical (unpaired) electrons. The molecule has 2 atom stereocenters. The summed E-state index contributed by atoms with van der Waals surface area (Å²) in [6.07, 6.45) is 2.83. The maximum atomic E-state index is 10.7. The highest BCUT2D eigenvalue weighted by Crippen LogP contribution is 2.56. The van der Waals surface area contributed by atoms with E-state index in [1.165, 1.54) is 6.92 Å². The SMILES string of the molecule is C/C=C(/C#CC12COCC1C2)OC(C)=O. The Morgan fingerprint density at radius 3 is 2.93 bits per heavy atom. The van der Waals surface area contributed by atoms with E-state index in [1.807, 2.05) is 0 Å². The number of ether oxygens (including phenoxy) is 2. The highest BCUT2D eigenvalue weighted by atomic mass is 16.5. The van der Waals surface area contributed by atoms with Crippen molar-refractivity contribution < 1.29 is 14.3 Å². The third-order valence-corrected chi connectivity index (χ3v) is 2.86. The summed E-state index contributed by atoms with van der Waals surface area (Å²) in [4.78, 5) is 10.7. The first kappa shape index (κ1) is 10.3. The van der Waals surface area contributed by atoms with E-state index in [0.717, 1.165) is 19.6 Å². The Labute approximate surface area is 89.4 Å². The van der Waals surface area contributed by atoms with Crippen molar-refractivity contribution >= 4 is 5.97 Å². The topological polar surface area (TPSA) is 35.5 Å². The lowest BCUT2D eigenvalue weighted by atomic mass is 10.1. The first-order valence-electron chi connectivity index (χ1n) is 5.12. The van der Waals surface area contributed by atoms with Crippen LogP contribution in [0.1, 0.15) is 20.3 Å². The van der Waals surface area contributed by atoms with Crippen LogP contribution in [-0.4, -0.2) is 19.2 Å². The van der Waals surface area contributed by atoms with Crippen molar-refractivity contribution in [3.8, 4) is 11.8 Å². The van der Waals surface area contributed by atoms with Crippen molar-refractivity contribution in [1.82, 2.24) is 0 Å². The van der Waals surface area contributed by atoms with Crippen molar-refractivity contribution in [1.29, 1.82) is 0 Å². The Balaban J connectivity index is 2.01. The number of allylic oxidation sites excluding steroid dienone is 2. The largest absolute Gasteiger partial charge is 0.418 e. The summed E-state index contributed by atoms with van der Waals surface area (Å²) in [5.74, 6) is 6.79. The van der Waals surface area contributed by atoms with Crippen LogP contribution in [0.3, 0.4) is 0 Å². The number of carbonyl (C=O) groups excluding carboxylic acids is 1. The van der Waals surface area contributed by atoms with Crippen LogP contribution in [0.4, 0.5) is 0 Å². The zero-order valence-electron chi connectivity index (χ0n) is 9.00. The Bertz CT molecular complexity index is 372. The summed E-state index contributed by atoms with van der Waals surface area (Å²) in [7, 11) is 0. The average molecular weight is 206 g/mol. The molecule has 1 saturated heterocycles. The predicted molar refractivity (Wildman–Crippen MR) is 54.7 cm³/mol. The molecule has 1 heterocycles. The van der Waals surface area contributed by atoms with Crippen LogP contribution in [0.15, 0.2) is 11.8 Å². The number of hydrogen-bond donors (Lipinski definition) is 0. The van der Waals surface area contributed by atoms with Gasteiger partial charge in [0.15, 0.2) is 5.76 Å². The molecule has 0 amide bonds. The first-order valence-corrected chi connectivity index (χ1v) is 5.12. The molecule has 0 spiro atoms. The smallest absolute Gasteiger partial charge is 0.308 e. The average Bonchev–Trinajstić information content (AvgIpc) is 2.75. The van der Waals surface area contributed by atoms with Crippen molar-refractivity contribution in [3.05, 3.63) is 11.8 Å². The molecular weight excluding hydrogens is 192 g/mol. The minimum atomic E-state index is -0.329. The normalized spacial score (nSPS) is 32.7. The molecule has 0 N–H and O–H groups in total. The highest BCUT2D eigenvalue weighted by molar-refractivity contribution is 5.68. The molecule has 2 rings (SSSR count). The number of esters is 1. The number of rotatable bonds is 1. The summed E-state index contributed by atoms with van der Waals surface area (Å²) < 4.78 is 10.3. The van der Waals surface area contributed by atoms with Gasteiger partial charge in [0.05, 0.1) is 18.6 Å². The Hall–Kier alpha value is -1.27. The molecule has 3 heteroatoms. The van der Waals surface area contributed by atoms with Gasteiger partial charge in [-0.1, -0.05) is 5.92 Å². The molecule has 0 aromatic heterocycles. The van der Waals surface area contributed by atoms with Crippen LogP contribution >= 0.6 is 0 Å². The monoisotopic (exact) mass is 206 g/mol. The first-order chi connectivity index (χ1) is 7.16. The van der Waals surface area contributed by atoms with Gasteiger partial charge in [-0.25, -0.2) is 0 Å². The van der Waals surface area contributed by atoms with Gasteiger partial charge in [0.2, 0.25) is 0 Å². The standard InChI is InChI=1S/C12H14O3/c1-3-11(15-9(2)13)4-5-12-6-10(12)7-14-8-12/h3,10H,6-8H2,1-2H3/b11-3-. The van der Waals surface area contributed by atoms with Crippen LogP contribution in [0.5, 0.6) is 0 Å². The highest BCUT2D eigenvalue weighted by Gasteiger charge is 2.57. The van der Waals surface area contributed by atoms with Gasteiger partial charge in [-0.15, -0.1) is 0 Å². The predicted octanol–water partition coefficient (Wildman–Crippen LogP) is 1.49. The zero-order chi connectivity index (χ0) is 10.9. The number of fused-ring (bicyclic) bond motifs is 1. The summed E-state index contributed by atoms with van der Waals surface area (Å²) >= 11 is 0. The van der Waals surface area contributed by atoms with E-state index in [1.54, 1.807) is 13.0 Å². The van der Waals surface area contributed by atoms with Crippen LogP contribution in [0.25, 0.3) is 0 Å². The molecule has 2 unspecified atom stereocenters. The molecule has 0 aromatic carbocycles. The fourth-order valence-corrected chi connectivity index (χ4v) is 1.85. The maximum Gasteiger partial charge on any atom is 0.308 e. The van der Waals surface area contributed by atoms with Gasteiger partial charge in [0, 0.05) is 12.8 Å². The van der Waals surface area contributed by atoms with E-state index >= 15 is 0 Å². The van der Waals surface area contributed by atoms with Crippen LogP contribution in [0, 0.1) is 23.2 Å². The van der Waals surface area contributed by atoms with E-state index in [-0.39, 0.29) is 11.4 Å². The molecular formula is C12H14O3. The molecule has 1 aliphatic carbocycles. The van der Waals surface area contributed by atoms with Crippen molar-refractivity contribution in [2.24, 2.45) is 11.3 Å². The number of hydrogen-bond acceptors (Lipinski definition) is 3. The van der Waals surface area contributed by atoms with Gasteiger partial charge < -0.3 is 9.47 Å². The Morgan fingerprint density at radius 1 is 1.67 bits per heavy atom. The van der Waals surface area contributed by atoms with Gasteiger partial charge in [-0.05, 0) is 25.3 Å². The van der Waals surface area contributed by atoms with Gasteiger partial charge in [-0.2, -0.15) is 0 Å². The third-order valence-electron chi connectivity index (χ3n) is 2.86. The number of carbonyl (C=O) groups is 1. The molecule has 2 aliphatic rings. The van der Waals surface area contributed by atoms with Crippen molar-refractivity contribution in [3.63, 3.8) is 0 Å². The van der Waals surface area contributed by atoms with E-state index in [2.05, 4.69) is 11.8 Å². The third kappa shape index (κ3) is 2.05. The van der Waals surface area contributed by atoms with Crippen LogP contribution in [-0.2, 0) is 14.3 Å². The Kier molecular flexibility index (Phi) is 2.54.